The smallest absolute Gasteiger partial charge is 0.185 e. The molecule has 0 aliphatic carbocycles. The van der Waals surface area contributed by atoms with Gasteiger partial charge in [-0.2, -0.15) is 0 Å². The first kappa shape index (κ1) is 13.1. The number of anilines is 2. The predicted octanol–water partition coefficient (Wildman–Crippen LogP) is 2.59. The second-order valence-electron chi connectivity index (χ2n) is 4.97. The Balaban J connectivity index is 1.73. The number of aromatic nitrogens is 1. The fourth-order valence-electron chi connectivity index (χ4n) is 2.57. The van der Waals surface area contributed by atoms with Gasteiger partial charge in [-0.25, -0.2) is 4.98 Å². The standard InChI is InChI=1S/C15H17N3OS/c1-12-2-3-14(13(10-12)11-19)17-5-7-18(8-6-17)15-16-4-9-20-15/h2-4,9-11H,5-8H2,1H3. The number of piperazine rings is 1. The van der Waals surface area contributed by atoms with Crippen molar-refractivity contribution in [3.63, 3.8) is 0 Å². The summed E-state index contributed by atoms with van der Waals surface area (Å²) >= 11 is 1.68. The first-order chi connectivity index (χ1) is 9.78. The van der Waals surface area contributed by atoms with E-state index in [0.717, 1.165) is 54.4 Å². The summed E-state index contributed by atoms with van der Waals surface area (Å²) in [4.78, 5) is 20.2. The molecule has 1 aliphatic heterocycles. The second kappa shape index (κ2) is 5.63. The van der Waals surface area contributed by atoms with Gasteiger partial charge in [0.05, 0.1) is 0 Å². The molecule has 0 saturated carbocycles. The van der Waals surface area contributed by atoms with Gasteiger partial charge in [0.15, 0.2) is 11.4 Å². The Kier molecular flexibility index (Phi) is 3.69. The molecule has 1 aromatic carbocycles. The van der Waals surface area contributed by atoms with E-state index in [1.165, 1.54) is 0 Å². The van der Waals surface area contributed by atoms with Gasteiger partial charge < -0.3 is 9.80 Å². The highest BCUT2D eigenvalue weighted by molar-refractivity contribution is 7.13. The number of carbonyl (C=O) groups excluding carboxylic acids is 1. The summed E-state index contributed by atoms with van der Waals surface area (Å²) in [5.74, 6) is 0. The van der Waals surface area contributed by atoms with E-state index >= 15 is 0 Å². The molecule has 1 aromatic heterocycles. The number of hydrogen-bond acceptors (Lipinski definition) is 5. The van der Waals surface area contributed by atoms with Crippen molar-refractivity contribution in [3.05, 3.63) is 40.9 Å². The van der Waals surface area contributed by atoms with Gasteiger partial charge in [-0.15, -0.1) is 11.3 Å². The number of benzene rings is 1. The Bertz CT molecular complexity index is 589. The monoisotopic (exact) mass is 287 g/mol. The average Bonchev–Trinajstić information content (AvgIpc) is 3.01. The topological polar surface area (TPSA) is 36.4 Å². The van der Waals surface area contributed by atoms with Crippen LogP contribution in [-0.4, -0.2) is 37.4 Å². The molecule has 1 fully saturated rings. The van der Waals surface area contributed by atoms with Crippen LogP contribution in [0, 0.1) is 6.92 Å². The van der Waals surface area contributed by atoms with Crippen LogP contribution in [0.25, 0.3) is 0 Å². The van der Waals surface area contributed by atoms with E-state index < -0.39 is 0 Å². The highest BCUT2D eigenvalue weighted by atomic mass is 32.1. The number of hydrogen-bond donors (Lipinski definition) is 0. The third-order valence-corrected chi connectivity index (χ3v) is 4.45. The summed E-state index contributed by atoms with van der Waals surface area (Å²) < 4.78 is 0. The van der Waals surface area contributed by atoms with E-state index in [2.05, 4.69) is 26.9 Å². The first-order valence-corrected chi connectivity index (χ1v) is 7.61. The van der Waals surface area contributed by atoms with Crippen LogP contribution in [0.3, 0.4) is 0 Å². The van der Waals surface area contributed by atoms with E-state index in [4.69, 9.17) is 0 Å². The fraction of sp³-hybridized carbons (Fsp3) is 0.333. The minimum atomic E-state index is 0.785. The molecule has 3 rings (SSSR count). The van der Waals surface area contributed by atoms with Gasteiger partial charge in [0.2, 0.25) is 0 Å². The maximum Gasteiger partial charge on any atom is 0.185 e. The van der Waals surface area contributed by atoms with Crippen LogP contribution >= 0.6 is 11.3 Å². The molecule has 5 heteroatoms. The maximum atomic E-state index is 11.2. The molecule has 20 heavy (non-hydrogen) atoms. The fourth-order valence-corrected chi connectivity index (χ4v) is 3.26. The largest absolute Gasteiger partial charge is 0.367 e. The van der Waals surface area contributed by atoms with Gasteiger partial charge in [0.1, 0.15) is 0 Å². The Hall–Kier alpha value is -1.88. The molecule has 0 amide bonds. The van der Waals surface area contributed by atoms with Crippen molar-refractivity contribution < 1.29 is 4.79 Å². The number of carbonyl (C=O) groups is 1. The van der Waals surface area contributed by atoms with Crippen molar-refractivity contribution >= 4 is 28.4 Å². The van der Waals surface area contributed by atoms with Gasteiger partial charge in [0, 0.05) is 49.0 Å². The number of aryl methyl sites for hydroxylation is 1. The minimum absolute atomic E-state index is 0.785. The van der Waals surface area contributed by atoms with Crippen LogP contribution in [0.4, 0.5) is 10.8 Å². The van der Waals surface area contributed by atoms with Crippen molar-refractivity contribution in [2.45, 2.75) is 6.92 Å². The molecule has 0 bridgehead atoms. The van der Waals surface area contributed by atoms with Gasteiger partial charge >= 0.3 is 0 Å². The number of thiazole rings is 1. The zero-order chi connectivity index (χ0) is 13.9. The summed E-state index contributed by atoms with van der Waals surface area (Å²) in [6.07, 6.45) is 2.80. The Morgan fingerprint density at radius 1 is 1.20 bits per heavy atom. The highest BCUT2D eigenvalue weighted by Gasteiger charge is 2.20. The van der Waals surface area contributed by atoms with Gasteiger partial charge in [-0.05, 0) is 19.1 Å². The first-order valence-electron chi connectivity index (χ1n) is 6.73. The molecule has 104 valence electrons. The van der Waals surface area contributed by atoms with Crippen molar-refractivity contribution in [2.24, 2.45) is 0 Å². The van der Waals surface area contributed by atoms with Crippen LogP contribution in [0.1, 0.15) is 15.9 Å². The van der Waals surface area contributed by atoms with E-state index in [1.807, 2.05) is 24.6 Å². The molecule has 2 aromatic rings. The SMILES string of the molecule is Cc1ccc(N2CCN(c3nccs3)CC2)c(C=O)c1. The highest BCUT2D eigenvalue weighted by Crippen LogP contribution is 2.24. The molecule has 0 radical (unpaired) electrons. The normalized spacial score (nSPS) is 15.4. The third-order valence-electron chi connectivity index (χ3n) is 3.62. The lowest BCUT2D eigenvalue weighted by Gasteiger charge is -2.36. The predicted molar refractivity (Wildman–Crippen MR) is 83.1 cm³/mol. The van der Waals surface area contributed by atoms with Crippen LogP contribution < -0.4 is 9.80 Å². The third kappa shape index (κ3) is 2.54. The zero-order valence-electron chi connectivity index (χ0n) is 11.5. The molecule has 1 aliphatic rings. The molecule has 0 spiro atoms. The lowest BCUT2D eigenvalue weighted by atomic mass is 10.1. The summed E-state index contributed by atoms with van der Waals surface area (Å²) in [6, 6.07) is 6.07. The molecule has 4 nitrogen and oxygen atoms in total. The average molecular weight is 287 g/mol. The summed E-state index contributed by atoms with van der Waals surface area (Å²) in [5, 5.41) is 3.09. The molecule has 2 heterocycles. The lowest BCUT2D eigenvalue weighted by molar-refractivity contribution is 0.112. The zero-order valence-corrected chi connectivity index (χ0v) is 12.3. The summed E-state index contributed by atoms with van der Waals surface area (Å²) in [5.41, 5.74) is 2.95. The van der Waals surface area contributed by atoms with Crippen molar-refractivity contribution in [1.29, 1.82) is 0 Å². The number of aldehydes is 1. The number of nitrogens with zero attached hydrogens (tertiary/aromatic N) is 3. The van der Waals surface area contributed by atoms with E-state index in [0.29, 0.717) is 0 Å². The second-order valence-corrected chi connectivity index (χ2v) is 5.84. The molecule has 1 saturated heterocycles. The van der Waals surface area contributed by atoms with Crippen LogP contribution in [0.5, 0.6) is 0 Å². The molecule has 0 atom stereocenters. The van der Waals surface area contributed by atoms with Crippen molar-refractivity contribution in [1.82, 2.24) is 4.98 Å². The Morgan fingerprint density at radius 2 is 1.95 bits per heavy atom. The Morgan fingerprint density at radius 3 is 2.60 bits per heavy atom. The minimum Gasteiger partial charge on any atom is -0.367 e. The van der Waals surface area contributed by atoms with Crippen molar-refractivity contribution in [2.75, 3.05) is 36.0 Å². The van der Waals surface area contributed by atoms with Crippen molar-refractivity contribution in [3.8, 4) is 0 Å². The number of rotatable bonds is 3. The van der Waals surface area contributed by atoms with Gasteiger partial charge in [-0.3, -0.25) is 4.79 Å². The van der Waals surface area contributed by atoms with E-state index in [1.54, 1.807) is 11.3 Å². The summed E-state index contributed by atoms with van der Waals surface area (Å²) in [7, 11) is 0. The molecule has 0 N–H and O–H groups in total. The van der Waals surface area contributed by atoms with Crippen LogP contribution in [-0.2, 0) is 0 Å². The Labute approximate surface area is 122 Å². The van der Waals surface area contributed by atoms with Crippen LogP contribution in [0.15, 0.2) is 29.8 Å². The quantitative estimate of drug-likeness (QED) is 0.813. The van der Waals surface area contributed by atoms with E-state index in [-0.39, 0.29) is 0 Å². The van der Waals surface area contributed by atoms with Gasteiger partial charge in [-0.1, -0.05) is 11.6 Å². The van der Waals surface area contributed by atoms with Crippen LogP contribution in [0.2, 0.25) is 0 Å². The molecular weight excluding hydrogens is 270 g/mol. The molecule has 0 unspecified atom stereocenters. The van der Waals surface area contributed by atoms with Gasteiger partial charge in [0.25, 0.3) is 0 Å². The lowest BCUT2D eigenvalue weighted by Crippen LogP contribution is -2.46. The summed E-state index contributed by atoms with van der Waals surface area (Å²) in [6.45, 7) is 5.74. The molecular formula is C15H17N3OS. The maximum absolute atomic E-state index is 11.2. The van der Waals surface area contributed by atoms with E-state index in [9.17, 15) is 4.79 Å².